The molecule has 2 rings (SSSR count). The molecule has 1 fully saturated rings. The fraction of sp³-hybridized carbons (Fsp3) is 0.615. The molecule has 0 unspecified atom stereocenters. The summed E-state index contributed by atoms with van der Waals surface area (Å²) in [4.78, 5) is 28.6. The Labute approximate surface area is 112 Å². The number of aromatic nitrogens is 2. The summed E-state index contributed by atoms with van der Waals surface area (Å²) in [6.07, 6.45) is 5.43. The van der Waals surface area contributed by atoms with E-state index in [4.69, 9.17) is 5.11 Å². The first-order chi connectivity index (χ1) is 9.08. The summed E-state index contributed by atoms with van der Waals surface area (Å²) >= 11 is 0. The number of likely N-dealkylation sites (tertiary alicyclic amines) is 1. The van der Waals surface area contributed by atoms with E-state index < -0.39 is 5.97 Å². The third-order valence-corrected chi connectivity index (χ3v) is 3.60. The Balaban J connectivity index is 1.73. The molecule has 1 atom stereocenters. The Morgan fingerprint density at radius 3 is 2.89 bits per heavy atom. The van der Waals surface area contributed by atoms with Gasteiger partial charge in [0.2, 0.25) is 5.91 Å². The van der Waals surface area contributed by atoms with Crippen molar-refractivity contribution in [2.24, 2.45) is 5.92 Å². The van der Waals surface area contributed by atoms with E-state index in [-0.39, 0.29) is 11.8 Å². The molecule has 19 heavy (non-hydrogen) atoms. The standard InChI is InChI=1S/C13H19N3O3/c1-10-14-5-8-15(10)6-2-3-12(17)16-7-4-11(9-16)13(18)19/h5,8,11H,2-4,6-7,9H2,1H3,(H,18,19)/t11-/m1/s1. The van der Waals surface area contributed by atoms with Crippen LogP contribution in [0.5, 0.6) is 0 Å². The van der Waals surface area contributed by atoms with Crippen molar-refractivity contribution < 1.29 is 14.7 Å². The lowest BCUT2D eigenvalue weighted by Crippen LogP contribution is -2.29. The highest BCUT2D eigenvalue weighted by Gasteiger charge is 2.30. The van der Waals surface area contributed by atoms with Crippen LogP contribution in [0, 0.1) is 12.8 Å². The van der Waals surface area contributed by atoms with Gasteiger partial charge in [-0.2, -0.15) is 0 Å². The zero-order chi connectivity index (χ0) is 13.8. The zero-order valence-corrected chi connectivity index (χ0v) is 11.1. The Bertz CT molecular complexity index is 469. The van der Waals surface area contributed by atoms with Gasteiger partial charge >= 0.3 is 5.97 Å². The SMILES string of the molecule is Cc1nccn1CCCC(=O)N1CC[C@@H](C(=O)O)C1. The van der Waals surface area contributed by atoms with Gasteiger partial charge in [0, 0.05) is 38.4 Å². The van der Waals surface area contributed by atoms with E-state index in [9.17, 15) is 9.59 Å². The number of hydrogen-bond donors (Lipinski definition) is 1. The van der Waals surface area contributed by atoms with Crippen LogP contribution in [0.25, 0.3) is 0 Å². The van der Waals surface area contributed by atoms with Crippen LogP contribution < -0.4 is 0 Å². The van der Waals surface area contributed by atoms with E-state index in [1.165, 1.54) is 0 Å². The minimum Gasteiger partial charge on any atom is -0.481 e. The van der Waals surface area contributed by atoms with Crippen LogP contribution in [-0.2, 0) is 16.1 Å². The molecule has 0 aromatic carbocycles. The second kappa shape index (κ2) is 5.86. The number of nitrogens with zero attached hydrogens (tertiary/aromatic N) is 3. The van der Waals surface area contributed by atoms with Crippen LogP contribution in [0.15, 0.2) is 12.4 Å². The summed E-state index contributed by atoms with van der Waals surface area (Å²) in [5, 5.41) is 8.90. The van der Waals surface area contributed by atoms with Crippen molar-refractivity contribution in [2.45, 2.75) is 32.7 Å². The summed E-state index contributed by atoms with van der Waals surface area (Å²) in [6.45, 7) is 3.63. The lowest BCUT2D eigenvalue weighted by atomic mass is 10.1. The number of carboxylic acid groups (broad SMARTS) is 1. The molecule has 6 heteroatoms. The van der Waals surface area contributed by atoms with Crippen LogP contribution in [-0.4, -0.2) is 44.5 Å². The molecule has 1 saturated heterocycles. The minimum absolute atomic E-state index is 0.0570. The number of imidazole rings is 1. The second-order valence-corrected chi connectivity index (χ2v) is 4.93. The van der Waals surface area contributed by atoms with Crippen LogP contribution in [0.1, 0.15) is 25.1 Å². The average Bonchev–Trinajstić information content (AvgIpc) is 2.98. The molecule has 104 valence electrons. The molecular formula is C13H19N3O3. The third kappa shape index (κ3) is 3.33. The number of rotatable bonds is 5. The monoisotopic (exact) mass is 265 g/mol. The topological polar surface area (TPSA) is 75.4 Å². The highest BCUT2D eigenvalue weighted by Crippen LogP contribution is 2.17. The molecule has 0 saturated carbocycles. The molecule has 1 aromatic heterocycles. The van der Waals surface area contributed by atoms with Crippen LogP contribution in [0.3, 0.4) is 0 Å². The molecule has 0 aliphatic carbocycles. The number of aliphatic carboxylic acids is 1. The van der Waals surface area contributed by atoms with Gasteiger partial charge in [-0.1, -0.05) is 0 Å². The Hall–Kier alpha value is -1.85. The number of carbonyl (C=O) groups excluding carboxylic acids is 1. The van der Waals surface area contributed by atoms with Gasteiger partial charge in [-0.3, -0.25) is 9.59 Å². The van der Waals surface area contributed by atoms with Crippen molar-refractivity contribution >= 4 is 11.9 Å². The summed E-state index contributed by atoms with van der Waals surface area (Å²) in [5.41, 5.74) is 0. The van der Waals surface area contributed by atoms with Gasteiger partial charge in [-0.05, 0) is 19.8 Å². The summed E-state index contributed by atoms with van der Waals surface area (Å²) in [7, 11) is 0. The molecule has 1 aliphatic heterocycles. The molecule has 1 amide bonds. The van der Waals surface area contributed by atoms with E-state index in [2.05, 4.69) is 4.98 Å². The number of hydrogen-bond acceptors (Lipinski definition) is 3. The van der Waals surface area contributed by atoms with Gasteiger partial charge in [0.15, 0.2) is 0 Å². The molecule has 0 bridgehead atoms. The largest absolute Gasteiger partial charge is 0.481 e. The maximum atomic E-state index is 11.9. The molecule has 0 spiro atoms. The molecule has 2 heterocycles. The van der Waals surface area contributed by atoms with E-state index >= 15 is 0 Å². The van der Waals surface area contributed by atoms with Gasteiger partial charge in [0.25, 0.3) is 0 Å². The number of carboxylic acids is 1. The predicted octanol–water partition coefficient (Wildman–Crippen LogP) is 0.905. The number of amides is 1. The van der Waals surface area contributed by atoms with Crippen molar-refractivity contribution in [1.29, 1.82) is 0 Å². The second-order valence-electron chi connectivity index (χ2n) is 4.93. The molecule has 1 N–H and O–H groups in total. The van der Waals surface area contributed by atoms with E-state index in [1.54, 1.807) is 11.1 Å². The lowest BCUT2D eigenvalue weighted by Gasteiger charge is -2.15. The third-order valence-electron chi connectivity index (χ3n) is 3.60. The first-order valence-corrected chi connectivity index (χ1v) is 6.56. The smallest absolute Gasteiger partial charge is 0.308 e. The number of aryl methyl sites for hydroxylation is 2. The Kier molecular flexibility index (Phi) is 4.19. The predicted molar refractivity (Wildman–Crippen MR) is 68.5 cm³/mol. The summed E-state index contributed by atoms with van der Waals surface area (Å²) in [6, 6.07) is 0. The quantitative estimate of drug-likeness (QED) is 0.858. The first-order valence-electron chi connectivity index (χ1n) is 6.56. The maximum Gasteiger partial charge on any atom is 0.308 e. The van der Waals surface area contributed by atoms with Crippen LogP contribution in [0.4, 0.5) is 0 Å². The van der Waals surface area contributed by atoms with Gasteiger partial charge < -0.3 is 14.6 Å². The maximum absolute atomic E-state index is 11.9. The van der Waals surface area contributed by atoms with E-state index in [0.717, 1.165) is 18.8 Å². The molecule has 1 aliphatic rings. The van der Waals surface area contributed by atoms with Crippen LogP contribution in [0.2, 0.25) is 0 Å². The minimum atomic E-state index is -0.802. The van der Waals surface area contributed by atoms with Gasteiger partial charge in [0.05, 0.1) is 5.92 Å². The highest BCUT2D eigenvalue weighted by molar-refractivity contribution is 5.78. The van der Waals surface area contributed by atoms with Crippen molar-refractivity contribution in [3.63, 3.8) is 0 Å². The Morgan fingerprint density at radius 1 is 1.53 bits per heavy atom. The van der Waals surface area contributed by atoms with E-state index in [0.29, 0.717) is 25.9 Å². The van der Waals surface area contributed by atoms with Gasteiger partial charge in [0.1, 0.15) is 5.82 Å². The Morgan fingerprint density at radius 2 is 2.32 bits per heavy atom. The van der Waals surface area contributed by atoms with Crippen LogP contribution >= 0.6 is 0 Å². The first kappa shape index (κ1) is 13.6. The molecule has 6 nitrogen and oxygen atoms in total. The highest BCUT2D eigenvalue weighted by atomic mass is 16.4. The summed E-state index contributed by atoms with van der Waals surface area (Å²) < 4.78 is 2.01. The van der Waals surface area contributed by atoms with Gasteiger partial charge in [-0.25, -0.2) is 4.98 Å². The van der Waals surface area contributed by atoms with E-state index in [1.807, 2.05) is 17.7 Å². The van der Waals surface area contributed by atoms with Crippen molar-refractivity contribution in [3.8, 4) is 0 Å². The normalized spacial score (nSPS) is 18.8. The van der Waals surface area contributed by atoms with Crippen molar-refractivity contribution in [1.82, 2.24) is 14.5 Å². The zero-order valence-electron chi connectivity index (χ0n) is 11.1. The fourth-order valence-corrected chi connectivity index (χ4v) is 2.39. The molecule has 0 radical (unpaired) electrons. The lowest BCUT2D eigenvalue weighted by molar-refractivity contribution is -0.141. The van der Waals surface area contributed by atoms with Gasteiger partial charge in [-0.15, -0.1) is 0 Å². The average molecular weight is 265 g/mol. The molecule has 1 aromatic rings. The van der Waals surface area contributed by atoms with Crippen molar-refractivity contribution in [3.05, 3.63) is 18.2 Å². The fourth-order valence-electron chi connectivity index (χ4n) is 2.39. The summed E-state index contributed by atoms with van der Waals surface area (Å²) in [5.74, 6) is -0.190. The molecular weight excluding hydrogens is 246 g/mol. The van der Waals surface area contributed by atoms with Crippen molar-refractivity contribution in [2.75, 3.05) is 13.1 Å². The number of carbonyl (C=O) groups is 2.